The van der Waals surface area contributed by atoms with Gasteiger partial charge >= 0.3 is 0 Å². The van der Waals surface area contributed by atoms with Crippen molar-refractivity contribution in [1.82, 2.24) is 0 Å². The summed E-state index contributed by atoms with van der Waals surface area (Å²) in [4.78, 5) is 35.0. The average molecular weight is 339 g/mol. The molecule has 0 aliphatic rings. The molecule has 0 bridgehead atoms. The predicted molar refractivity (Wildman–Crippen MR) is 98.9 cm³/mol. The van der Waals surface area contributed by atoms with Gasteiger partial charge in [0.05, 0.1) is 0 Å². The van der Waals surface area contributed by atoms with E-state index in [4.69, 9.17) is 0 Å². The normalized spacial score (nSPS) is 10.1. The third-order valence-electron chi connectivity index (χ3n) is 3.62. The van der Waals surface area contributed by atoms with Crippen LogP contribution in [0.15, 0.2) is 36.4 Å². The van der Waals surface area contributed by atoms with Crippen LogP contribution in [0.25, 0.3) is 0 Å². The van der Waals surface area contributed by atoms with Crippen LogP contribution in [0.5, 0.6) is 0 Å². The van der Waals surface area contributed by atoms with E-state index in [1.54, 1.807) is 30.3 Å². The van der Waals surface area contributed by atoms with Gasteiger partial charge in [0.1, 0.15) is 0 Å². The largest absolute Gasteiger partial charge is 0.326 e. The number of benzene rings is 2. The maximum atomic E-state index is 12.5. The Morgan fingerprint density at radius 3 is 1.80 bits per heavy atom. The Morgan fingerprint density at radius 1 is 0.720 bits per heavy atom. The molecule has 0 aliphatic heterocycles. The predicted octanol–water partition coefficient (Wildman–Crippen LogP) is 3.47. The second-order valence-corrected chi connectivity index (χ2v) is 5.88. The summed E-state index contributed by atoms with van der Waals surface area (Å²) in [6.07, 6.45) is 0. The fraction of sp³-hybridized carbons (Fsp3) is 0.211. The van der Waals surface area contributed by atoms with Crippen LogP contribution in [0.4, 0.5) is 17.1 Å². The zero-order valence-electron chi connectivity index (χ0n) is 14.7. The minimum Gasteiger partial charge on any atom is -0.326 e. The van der Waals surface area contributed by atoms with E-state index in [1.165, 1.54) is 13.8 Å². The molecule has 2 aromatic rings. The lowest BCUT2D eigenvalue weighted by atomic mass is 10.1. The zero-order valence-corrected chi connectivity index (χ0v) is 14.7. The van der Waals surface area contributed by atoms with Crippen molar-refractivity contribution >= 4 is 34.8 Å². The zero-order chi connectivity index (χ0) is 18.6. The molecule has 6 nitrogen and oxygen atoms in total. The van der Waals surface area contributed by atoms with Gasteiger partial charge in [-0.15, -0.1) is 0 Å². The van der Waals surface area contributed by atoms with Gasteiger partial charge in [-0.25, -0.2) is 0 Å². The van der Waals surface area contributed by atoms with Gasteiger partial charge in [-0.3, -0.25) is 14.4 Å². The van der Waals surface area contributed by atoms with E-state index in [0.29, 0.717) is 22.6 Å². The molecule has 3 N–H and O–H groups in total. The molecule has 0 heterocycles. The number of carbonyl (C=O) groups excluding carboxylic acids is 3. The van der Waals surface area contributed by atoms with Gasteiger partial charge in [0.25, 0.3) is 5.91 Å². The SMILES string of the molecule is CC(=O)Nc1cc(NC(=O)c2ccc(C)c(NC(C)=O)c2)ccc1C. The summed E-state index contributed by atoms with van der Waals surface area (Å²) >= 11 is 0. The molecule has 6 heteroatoms. The highest BCUT2D eigenvalue weighted by atomic mass is 16.2. The van der Waals surface area contributed by atoms with E-state index >= 15 is 0 Å². The number of anilines is 3. The van der Waals surface area contributed by atoms with Gasteiger partial charge in [0.2, 0.25) is 11.8 Å². The maximum Gasteiger partial charge on any atom is 0.255 e. The van der Waals surface area contributed by atoms with Crippen molar-refractivity contribution in [1.29, 1.82) is 0 Å². The summed E-state index contributed by atoms with van der Waals surface area (Å²) in [6.45, 7) is 6.58. The van der Waals surface area contributed by atoms with E-state index in [2.05, 4.69) is 16.0 Å². The van der Waals surface area contributed by atoms with Crippen LogP contribution in [0.3, 0.4) is 0 Å². The maximum absolute atomic E-state index is 12.5. The minimum absolute atomic E-state index is 0.176. The Balaban J connectivity index is 2.22. The van der Waals surface area contributed by atoms with E-state index in [1.807, 2.05) is 19.9 Å². The molecule has 25 heavy (non-hydrogen) atoms. The third kappa shape index (κ3) is 4.91. The van der Waals surface area contributed by atoms with Gasteiger partial charge in [0.15, 0.2) is 0 Å². The lowest BCUT2D eigenvalue weighted by Gasteiger charge is -2.12. The van der Waals surface area contributed by atoms with Gasteiger partial charge in [0, 0.05) is 36.5 Å². The van der Waals surface area contributed by atoms with E-state index < -0.39 is 0 Å². The molecule has 0 saturated heterocycles. The van der Waals surface area contributed by atoms with Crippen molar-refractivity contribution in [2.24, 2.45) is 0 Å². The van der Waals surface area contributed by atoms with Crippen LogP contribution in [-0.4, -0.2) is 17.7 Å². The van der Waals surface area contributed by atoms with Crippen LogP contribution in [-0.2, 0) is 9.59 Å². The van der Waals surface area contributed by atoms with E-state index in [-0.39, 0.29) is 17.7 Å². The second kappa shape index (κ2) is 7.61. The highest BCUT2D eigenvalue weighted by Crippen LogP contribution is 2.22. The van der Waals surface area contributed by atoms with Crippen molar-refractivity contribution in [2.75, 3.05) is 16.0 Å². The van der Waals surface area contributed by atoms with Crippen LogP contribution < -0.4 is 16.0 Å². The minimum atomic E-state index is -0.302. The Labute approximate surface area is 146 Å². The van der Waals surface area contributed by atoms with Gasteiger partial charge in [-0.2, -0.15) is 0 Å². The Kier molecular flexibility index (Phi) is 5.54. The number of aryl methyl sites for hydroxylation is 2. The molecule has 0 atom stereocenters. The first-order chi connectivity index (χ1) is 11.8. The first-order valence-corrected chi connectivity index (χ1v) is 7.84. The first-order valence-electron chi connectivity index (χ1n) is 7.84. The lowest BCUT2D eigenvalue weighted by molar-refractivity contribution is -0.115. The van der Waals surface area contributed by atoms with Gasteiger partial charge < -0.3 is 16.0 Å². The van der Waals surface area contributed by atoms with Crippen molar-refractivity contribution < 1.29 is 14.4 Å². The molecule has 0 aromatic heterocycles. The molecule has 2 rings (SSSR count). The Bertz CT molecular complexity index is 844. The number of hydrogen-bond donors (Lipinski definition) is 3. The van der Waals surface area contributed by atoms with Crippen molar-refractivity contribution in [2.45, 2.75) is 27.7 Å². The van der Waals surface area contributed by atoms with E-state index in [9.17, 15) is 14.4 Å². The van der Waals surface area contributed by atoms with Crippen molar-refractivity contribution in [3.8, 4) is 0 Å². The molecular weight excluding hydrogens is 318 g/mol. The number of amides is 3. The van der Waals surface area contributed by atoms with Crippen molar-refractivity contribution in [3.05, 3.63) is 53.1 Å². The molecule has 0 unspecified atom stereocenters. The number of hydrogen-bond acceptors (Lipinski definition) is 3. The van der Waals surface area contributed by atoms with Crippen LogP contribution in [0, 0.1) is 13.8 Å². The molecule has 0 fully saturated rings. The lowest BCUT2D eigenvalue weighted by Crippen LogP contribution is -2.14. The second-order valence-electron chi connectivity index (χ2n) is 5.88. The molecule has 0 saturated carbocycles. The highest BCUT2D eigenvalue weighted by Gasteiger charge is 2.10. The molecule has 0 spiro atoms. The van der Waals surface area contributed by atoms with Gasteiger partial charge in [-0.05, 0) is 49.2 Å². The van der Waals surface area contributed by atoms with Gasteiger partial charge in [-0.1, -0.05) is 12.1 Å². The Hall–Kier alpha value is -3.15. The summed E-state index contributed by atoms with van der Waals surface area (Å²) in [5.41, 5.74) is 4.01. The van der Waals surface area contributed by atoms with Crippen LogP contribution in [0.2, 0.25) is 0 Å². The molecule has 0 radical (unpaired) electrons. The molecule has 2 aromatic carbocycles. The van der Waals surface area contributed by atoms with E-state index in [0.717, 1.165) is 11.1 Å². The number of carbonyl (C=O) groups is 3. The smallest absolute Gasteiger partial charge is 0.255 e. The molecular formula is C19H21N3O3. The standard InChI is InChI=1S/C19H21N3O3/c1-11-5-7-15(9-17(11)20-13(3)23)19(25)22-16-8-6-12(2)18(10-16)21-14(4)24/h5-10H,1-4H3,(H,20,23)(H,21,24)(H,22,25). The van der Waals surface area contributed by atoms with Crippen LogP contribution in [0.1, 0.15) is 35.3 Å². The monoisotopic (exact) mass is 339 g/mol. The highest BCUT2D eigenvalue weighted by molar-refractivity contribution is 6.06. The fourth-order valence-electron chi connectivity index (χ4n) is 2.31. The number of rotatable bonds is 4. The summed E-state index contributed by atoms with van der Waals surface area (Å²) in [5, 5.41) is 8.23. The molecule has 0 aliphatic carbocycles. The van der Waals surface area contributed by atoms with Crippen molar-refractivity contribution in [3.63, 3.8) is 0 Å². The quantitative estimate of drug-likeness (QED) is 0.797. The number of nitrogens with one attached hydrogen (secondary N) is 3. The topological polar surface area (TPSA) is 87.3 Å². The molecule has 130 valence electrons. The summed E-state index contributed by atoms with van der Waals surface area (Å²) in [6, 6.07) is 10.4. The molecule has 3 amide bonds. The summed E-state index contributed by atoms with van der Waals surface area (Å²) in [7, 11) is 0. The summed E-state index contributed by atoms with van der Waals surface area (Å²) < 4.78 is 0. The average Bonchev–Trinajstić information content (AvgIpc) is 2.51. The third-order valence-corrected chi connectivity index (χ3v) is 3.62. The Morgan fingerprint density at radius 2 is 1.24 bits per heavy atom. The summed E-state index contributed by atoms with van der Waals surface area (Å²) in [5.74, 6) is -0.673. The first kappa shape index (κ1) is 18.2. The fourth-order valence-corrected chi connectivity index (χ4v) is 2.31. The van der Waals surface area contributed by atoms with Crippen LogP contribution >= 0.6 is 0 Å².